The molecule has 1 aliphatic rings. The van der Waals surface area contributed by atoms with Crippen molar-refractivity contribution in [3.8, 4) is 5.75 Å². The lowest BCUT2D eigenvalue weighted by atomic mass is 10.1. The molecule has 31 heavy (non-hydrogen) atoms. The topological polar surface area (TPSA) is 63.0 Å². The van der Waals surface area contributed by atoms with Crippen LogP contribution in [0.5, 0.6) is 5.75 Å². The first kappa shape index (κ1) is 20.9. The summed E-state index contributed by atoms with van der Waals surface area (Å²) in [4.78, 5) is 28.3. The third-order valence-electron chi connectivity index (χ3n) is 5.51. The van der Waals surface area contributed by atoms with Gasteiger partial charge >= 0.3 is 5.63 Å². The van der Waals surface area contributed by atoms with Gasteiger partial charge in [0.25, 0.3) is 5.91 Å². The van der Waals surface area contributed by atoms with Crippen LogP contribution in [0.4, 0.5) is 10.1 Å². The maximum Gasteiger partial charge on any atom is 0.336 e. The molecule has 0 unspecified atom stereocenters. The molecule has 6 nitrogen and oxygen atoms in total. The molecule has 0 N–H and O–H groups in total. The average molecular weight is 424 g/mol. The highest BCUT2D eigenvalue weighted by molar-refractivity contribution is 5.82. The van der Waals surface area contributed by atoms with Gasteiger partial charge < -0.3 is 19.0 Å². The number of halogens is 1. The summed E-state index contributed by atoms with van der Waals surface area (Å²) in [6.07, 6.45) is 1.73. The Balaban J connectivity index is 1.35. The number of ether oxygens (including phenoxy) is 1. The molecule has 0 spiro atoms. The van der Waals surface area contributed by atoms with Crippen LogP contribution in [0, 0.1) is 5.82 Å². The second-order valence-electron chi connectivity index (χ2n) is 7.63. The molecular weight excluding hydrogens is 399 g/mol. The van der Waals surface area contributed by atoms with Crippen LogP contribution in [0.2, 0.25) is 0 Å². The highest BCUT2D eigenvalue weighted by Gasteiger charge is 2.21. The van der Waals surface area contributed by atoms with Crippen LogP contribution in [0.25, 0.3) is 11.0 Å². The molecule has 0 aliphatic carbocycles. The van der Waals surface area contributed by atoms with Gasteiger partial charge in [0, 0.05) is 49.4 Å². The van der Waals surface area contributed by atoms with E-state index in [1.54, 1.807) is 29.2 Å². The number of rotatable bonds is 6. The van der Waals surface area contributed by atoms with Gasteiger partial charge in [-0.3, -0.25) is 4.79 Å². The number of fused-ring (bicyclic) bond motifs is 1. The number of nitrogens with zero attached hydrogens (tertiary/aromatic N) is 2. The van der Waals surface area contributed by atoms with Gasteiger partial charge in [-0.1, -0.05) is 13.3 Å². The molecule has 1 amide bonds. The lowest BCUT2D eigenvalue weighted by Gasteiger charge is -2.36. The first-order chi connectivity index (χ1) is 15.0. The highest BCUT2D eigenvalue weighted by atomic mass is 19.1. The molecule has 162 valence electrons. The van der Waals surface area contributed by atoms with E-state index in [2.05, 4.69) is 11.8 Å². The van der Waals surface area contributed by atoms with Crippen molar-refractivity contribution in [1.82, 2.24) is 4.90 Å². The Labute approximate surface area is 179 Å². The molecule has 0 radical (unpaired) electrons. The van der Waals surface area contributed by atoms with Crippen LogP contribution in [-0.4, -0.2) is 43.6 Å². The predicted molar refractivity (Wildman–Crippen MR) is 117 cm³/mol. The largest absolute Gasteiger partial charge is 0.484 e. The zero-order valence-electron chi connectivity index (χ0n) is 17.5. The van der Waals surface area contributed by atoms with E-state index in [0.717, 1.165) is 29.5 Å². The molecule has 2 heterocycles. The lowest BCUT2D eigenvalue weighted by Crippen LogP contribution is -2.50. The van der Waals surface area contributed by atoms with E-state index in [1.807, 2.05) is 6.07 Å². The molecular formula is C24H25FN2O4. The molecule has 4 rings (SSSR count). The van der Waals surface area contributed by atoms with Gasteiger partial charge in [0.1, 0.15) is 17.1 Å². The monoisotopic (exact) mass is 424 g/mol. The fraction of sp³-hybridized carbons (Fsp3) is 0.333. The number of hydrogen-bond donors (Lipinski definition) is 0. The maximum atomic E-state index is 13.1. The van der Waals surface area contributed by atoms with E-state index in [1.165, 1.54) is 18.2 Å². The summed E-state index contributed by atoms with van der Waals surface area (Å²) in [5.74, 6) is 0.131. The van der Waals surface area contributed by atoms with Gasteiger partial charge in [-0.05, 0) is 48.4 Å². The Morgan fingerprint density at radius 3 is 2.52 bits per heavy atom. The lowest BCUT2D eigenvalue weighted by molar-refractivity contribution is -0.133. The highest BCUT2D eigenvalue weighted by Crippen LogP contribution is 2.24. The fourth-order valence-corrected chi connectivity index (χ4v) is 3.88. The summed E-state index contributed by atoms with van der Waals surface area (Å²) in [7, 11) is 0. The summed E-state index contributed by atoms with van der Waals surface area (Å²) < 4.78 is 24.1. The van der Waals surface area contributed by atoms with Crippen LogP contribution < -0.4 is 15.3 Å². The Morgan fingerprint density at radius 1 is 1.06 bits per heavy atom. The minimum Gasteiger partial charge on any atom is -0.484 e. The Hall–Kier alpha value is -3.35. The number of carbonyl (C=O) groups is 1. The third-order valence-corrected chi connectivity index (χ3v) is 5.51. The fourth-order valence-electron chi connectivity index (χ4n) is 3.88. The van der Waals surface area contributed by atoms with Gasteiger partial charge in [-0.2, -0.15) is 0 Å². The van der Waals surface area contributed by atoms with Crippen molar-refractivity contribution in [2.45, 2.75) is 19.8 Å². The zero-order valence-corrected chi connectivity index (χ0v) is 17.5. The van der Waals surface area contributed by atoms with E-state index < -0.39 is 0 Å². The van der Waals surface area contributed by atoms with E-state index in [0.29, 0.717) is 37.5 Å². The van der Waals surface area contributed by atoms with Gasteiger partial charge in [-0.25, -0.2) is 9.18 Å². The van der Waals surface area contributed by atoms with Crippen molar-refractivity contribution in [3.63, 3.8) is 0 Å². The minimum absolute atomic E-state index is 0.0824. The number of amides is 1. The molecule has 0 bridgehead atoms. The van der Waals surface area contributed by atoms with Gasteiger partial charge in [0.2, 0.25) is 0 Å². The van der Waals surface area contributed by atoms with Crippen LogP contribution in [0.1, 0.15) is 18.9 Å². The SMILES string of the molecule is CCCc1cc(=O)oc2cc(OCC(=O)N3CCN(c4ccc(F)cc4)CC3)ccc12. The molecule has 1 saturated heterocycles. The van der Waals surface area contributed by atoms with Crippen molar-refractivity contribution in [2.24, 2.45) is 0 Å². The smallest absolute Gasteiger partial charge is 0.336 e. The number of benzene rings is 2. The number of hydrogen-bond acceptors (Lipinski definition) is 5. The van der Waals surface area contributed by atoms with Crippen molar-refractivity contribution < 1.29 is 18.3 Å². The van der Waals surface area contributed by atoms with Crippen molar-refractivity contribution in [2.75, 3.05) is 37.7 Å². The van der Waals surface area contributed by atoms with Crippen LogP contribution in [0.3, 0.4) is 0 Å². The summed E-state index contributed by atoms with van der Waals surface area (Å²) in [5.41, 5.74) is 1.98. The molecule has 1 aliphatic heterocycles. The van der Waals surface area contributed by atoms with Crippen LogP contribution >= 0.6 is 0 Å². The average Bonchev–Trinajstić information content (AvgIpc) is 2.78. The summed E-state index contributed by atoms with van der Waals surface area (Å²) in [5, 5.41) is 0.886. The molecule has 1 aromatic heterocycles. The second kappa shape index (κ2) is 9.20. The number of anilines is 1. The van der Waals surface area contributed by atoms with E-state index >= 15 is 0 Å². The first-order valence-electron chi connectivity index (χ1n) is 10.5. The molecule has 0 saturated carbocycles. The molecule has 3 aromatic rings. The Kier molecular flexibility index (Phi) is 6.21. The Morgan fingerprint density at radius 2 is 1.81 bits per heavy atom. The molecule has 7 heteroatoms. The molecule has 2 aromatic carbocycles. The molecule has 0 atom stereocenters. The van der Waals surface area contributed by atoms with Gasteiger partial charge in [0.15, 0.2) is 6.61 Å². The number of piperazine rings is 1. The Bertz CT molecular complexity index is 1120. The number of aryl methyl sites for hydroxylation is 1. The van der Waals surface area contributed by atoms with Crippen molar-refractivity contribution in [3.05, 3.63) is 70.3 Å². The quantitative estimate of drug-likeness (QED) is 0.566. The van der Waals surface area contributed by atoms with Gasteiger partial charge in [-0.15, -0.1) is 0 Å². The van der Waals surface area contributed by atoms with E-state index in [4.69, 9.17) is 9.15 Å². The zero-order chi connectivity index (χ0) is 21.8. The maximum absolute atomic E-state index is 13.1. The first-order valence-corrected chi connectivity index (χ1v) is 10.5. The molecule has 1 fully saturated rings. The summed E-state index contributed by atoms with van der Waals surface area (Å²) >= 11 is 0. The second-order valence-corrected chi connectivity index (χ2v) is 7.63. The van der Waals surface area contributed by atoms with Crippen molar-refractivity contribution >= 4 is 22.6 Å². The van der Waals surface area contributed by atoms with E-state index in [9.17, 15) is 14.0 Å². The standard InChI is InChI=1S/C24H25FN2O4/c1-2-3-17-14-24(29)31-22-15-20(8-9-21(17)22)30-16-23(28)27-12-10-26(11-13-27)19-6-4-18(25)5-7-19/h4-9,14-15H,2-3,10-13,16H2,1H3. The number of carbonyl (C=O) groups excluding carboxylic acids is 1. The van der Waals surface area contributed by atoms with Crippen LogP contribution in [0.15, 0.2) is 57.7 Å². The normalized spacial score (nSPS) is 14.1. The summed E-state index contributed by atoms with van der Waals surface area (Å²) in [6.45, 7) is 4.49. The third kappa shape index (κ3) is 4.87. The minimum atomic E-state index is -0.386. The summed E-state index contributed by atoms with van der Waals surface area (Å²) in [6, 6.07) is 13.2. The van der Waals surface area contributed by atoms with E-state index in [-0.39, 0.29) is 24.0 Å². The van der Waals surface area contributed by atoms with Gasteiger partial charge in [0.05, 0.1) is 0 Å². The predicted octanol–water partition coefficient (Wildman–Crippen LogP) is 3.61. The van der Waals surface area contributed by atoms with Crippen molar-refractivity contribution in [1.29, 1.82) is 0 Å². The van der Waals surface area contributed by atoms with Crippen LogP contribution in [-0.2, 0) is 11.2 Å².